The second kappa shape index (κ2) is 3.68. The molecule has 0 saturated carbocycles. The highest BCUT2D eigenvalue weighted by Gasteiger charge is 2.06. The quantitative estimate of drug-likeness (QED) is 0.798. The first-order valence-electron chi connectivity index (χ1n) is 3.91. The first-order valence-corrected chi connectivity index (χ1v) is 5.80. The number of nitriles is 1. The minimum atomic E-state index is -3.32. The van der Waals surface area contributed by atoms with Crippen molar-refractivity contribution >= 4 is 15.7 Å². The molecule has 1 aromatic carbocycles. The number of rotatable bonds is 2. The molecule has 0 bridgehead atoms. The van der Waals surface area contributed by atoms with Crippen molar-refractivity contribution in [3.63, 3.8) is 0 Å². The standard InChI is InChI=1S/C9H10N2O2S/c1-7-3-4-9(8(5-7)6-10)11-14(2,12)13/h3-5,11H,1-2H3. The van der Waals surface area contributed by atoms with Crippen LogP contribution in [0.5, 0.6) is 0 Å². The van der Waals surface area contributed by atoms with Crippen molar-refractivity contribution in [1.82, 2.24) is 0 Å². The van der Waals surface area contributed by atoms with E-state index < -0.39 is 10.0 Å². The number of sulfonamides is 1. The van der Waals surface area contributed by atoms with Gasteiger partial charge in [0, 0.05) is 0 Å². The van der Waals surface area contributed by atoms with Crippen molar-refractivity contribution in [1.29, 1.82) is 5.26 Å². The van der Waals surface area contributed by atoms with Gasteiger partial charge in [-0.05, 0) is 24.6 Å². The van der Waals surface area contributed by atoms with Crippen LogP contribution in [0.4, 0.5) is 5.69 Å². The number of nitrogens with zero attached hydrogens (tertiary/aromatic N) is 1. The Labute approximate surface area is 83.2 Å². The molecular formula is C9H10N2O2S. The fourth-order valence-corrected chi connectivity index (χ4v) is 1.62. The van der Waals surface area contributed by atoms with E-state index in [1.807, 2.05) is 13.0 Å². The van der Waals surface area contributed by atoms with E-state index in [4.69, 9.17) is 5.26 Å². The zero-order valence-corrected chi connectivity index (χ0v) is 8.72. The number of nitrogens with one attached hydrogen (secondary N) is 1. The third-order valence-electron chi connectivity index (χ3n) is 1.59. The molecule has 1 N–H and O–H groups in total. The highest BCUT2D eigenvalue weighted by molar-refractivity contribution is 7.92. The molecule has 0 unspecified atom stereocenters. The van der Waals surface area contributed by atoms with Crippen LogP contribution in [0.3, 0.4) is 0 Å². The van der Waals surface area contributed by atoms with Crippen LogP contribution in [0.2, 0.25) is 0 Å². The van der Waals surface area contributed by atoms with Crippen LogP contribution < -0.4 is 4.72 Å². The predicted octanol–water partition coefficient (Wildman–Crippen LogP) is 1.24. The Balaban J connectivity index is 3.17. The molecule has 0 spiro atoms. The van der Waals surface area contributed by atoms with Gasteiger partial charge in [-0.1, -0.05) is 6.07 Å². The highest BCUT2D eigenvalue weighted by Crippen LogP contribution is 2.16. The molecule has 5 heteroatoms. The van der Waals surface area contributed by atoms with Crippen LogP contribution in [-0.2, 0) is 10.0 Å². The van der Waals surface area contributed by atoms with Crippen LogP contribution in [0, 0.1) is 18.3 Å². The van der Waals surface area contributed by atoms with Crippen molar-refractivity contribution in [2.75, 3.05) is 11.0 Å². The molecule has 0 saturated heterocycles. The molecule has 14 heavy (non-hydrogen) atoms. The molecule has 0 aliphatic heterocycles. The first kappa shape index (κ1) is 10.5. The lowest BCUT2D eigenvalue weighted by Gasteiger charge is -2.05. The van der Waals surface area contributed by atoms with Gasteiger partial charge in [-0.3, -0.25) is 4.72 Å². The first-order chi connectivity index (χ1) is 6.42. The molecule has 74 valence electrons. The highest BCUT2D eigenvalue weighted by atomic mass is 32.2. The monoisotopic (exact) mass is 210 g/mol. The summed E-state index contributed by atoms with van der Waals surface area (Å²) in [5, 5.41) is 8.75. The molecule has 4 nitrogen and oxygen atoms in total. The average molecular weight is 210 g/mol. The van der Waals surface area contributed by atoms with Gasteiger partial charge in [-0.15, -0.1) is 0 Å². The Morgan fingerprint density at radius 2 is 2.07 bits per heavy atom. The van der Waals surface area contributed by atoms with E-state index in [9.17, 15) is 8.42 Å². The fourth-order valence-electron chi connectivity index (χ4n) is 1.04. The third kappa shape index (κ3) is 2.75. The number of aryl methyl sites for hydroxylation is 1. The topological polar surface area (TPSA) is 70.0 Å². The lowest BCUT2D eigenvalue weighted by Crippen LogP contribution is -2.10. The Hall–Kier alpha value is -1.54. The van der Waals surface area contributed by atoms with Gasteiger partial charge in [0.25, 0.3) is 0 Å². The van der Waals surface area contributed by atoms with Gasteiger partial charge in [-0.2, -0.15) is 5.26 Å². The fraction of sp³-hybridized carbons (Fsp3) is 0.222. The Bertz CT molecular complexity index is 486. The van der Waals surface area contributed by atoms with Crippen molar-refractivity contribution in [3.8, 4) is 6.07 Å². The summed E-state index contributed by atoms with van der Waals surface area (Å²) in [5.41, 5.74) is 1.57. The second-order valence-corrected chi connectivity index (χ2v) is 4.78. The summed E-state index contributed by atoms with van der Waals surface area (Å²) in [7, 11) is -3.32. The zero-order chi connectivity index (χ0) is 10.8. The lowest BCUT2D eigenvalue weighted by molar-refractivity contribution is 0.607. The zero-order valence-electron chi connectivity index (χ0n) is 7.90. The van der Waals surface area contributed by atoms with E-state index in [1.54, 1.807) is 18.2 Å². The van der Waals surface area contributed by atoms with Crippen LogP contribution in [0.15, 0.2) is 18.2 Å². The Morgan fingerprint density at radius 3 is 2.57 bits per heavy atom. The molecule has 0 aliphatic carbocycles. The maximum absolute atomic E-state index is 10.9. The van der Waals surface area contributed by atoms with E-state index in [1.165, 1.54) is 0 Å². The summed E-state index contributed by atoms with van der Waals surface area (Å²) < 4.78 is 24.1. The largest absolute Gasteiger partial charge is 0.282 e. The summed E-state index contributed by atoms with van der Waals surface area (Å²) in [5.74, 6) is 0. The van der Waals surface area contributed by atoms with Crippen molar-refractivity contribution < 1.29 is 8.42 Å². The molecule has 0 radical (unpaired) electrons. The summed E-state index contributed by atoms with van der Waals surface area (Å²) >= 11 is 0. The lowest BCUT2D eigenvalue weighted by atomic mass is 10.1. The van der Waals surface area contributed by atoms with Gasteiger partial charge in [0.15, 0.2) is 0 Å². The van der Waals surface area contributed by atoms with E-state index in [0.717, 1.165) is 11.8 Å². The predicted molar refractivity (Wildman–Crippen MR) is 54.4 cm³/mol. The minimum Gasteiger partial charge on any atom is -0.282 e. The molecule has 1 aromatic rings. The molecule has 0 aromatic heterocycles. The Kier molecular flexibility index (Phi) is 2.77. The van der Waals surface area contributed by atoms with E-state index in [-0.39, 0.29) is 0 Å². The van der Waals surface area contributed by atoms with Gasteiger partial charge in [0.1, 0.15) is 6.07 Å². The van der Waals surface area contributed by atoms with Crippen LogP contribution in [0.1, 0.15) is 11.1 Å². The molecule has 0 fully saturated rings. The summed E-state index contributed by atoms with van der Waals surface area (Å²) in [6.07, 6.45) is 1.05. The van der Waals surface area contributed by atoms with Crippen molar-refractivity contribution in [2.24, 2.45) is 0 Å². The molecular weight excluding hydrogens is 200 g/mol. The van der Waals surface area contributed by atoms with Crippen LogP contribution in [0.25, 0.3) is 0 Å². The van der Waals surface area contributed by atoms with E-state index in [0.29, 0.717) is 11.3 Å². The maximum Gasteiger partial charge on any atom is 0.229 e. The summed E-state index contributed by atoms with van der Waals surface area (Å²) in [4.78, 5) is 0. The van der Waals surface area contributed by atoms with Crippen LogP contribution >= 0.6 is 0 Å². The molecule has 0 atom stereocenters. The third-order valence-corrected chi connectivity index (χ3v) is 2.18. The van der Waals surface area contributed by atoms with Crippen molar-refractivity contribution in [3.05, 3.63) is 29.3 Å². The molecule has 0 amide bonds. The number of hydrogen-bond donors (Lipinski definition) is 1. The van der Waals surface area contributed by atoms with Gasteiger partial charge in [0.05, 0.1) is 17.5 Å². The Morgan fingerprint density at radius 1 is 1.43 bits per heavy atom. The average Bonchev–Trinajstić information content (AvgIpc) is 2.06. The maximum atomic E-state index is 10.9. The molecule has 0 aliphatic rings. The number of benzene rings is 1. The number of hydrogen-bond acceptors (Lipinski definition) is 3. The second-order valence-electron chi connectivity index (χ2n) is 3.04. The number of anilines is 1. The van der Waals surface area contributed by atoms with Crippen LogP contribution in [-0.4, -0.2) is 14.7 Å². The van der Waals surface area contributed by atoms with E-state index >= 15 is 0 Å². The summed E-state index contributed by atoms with van der Waals surface area (Å²) in [6.45, 7) is 1.84. The summed E-state index contributed by atoms with van der Waals surface area (Å²) in [6, 6.07) is 6.89. The minimum absolute atomic E-state index is 0.320. The van der Waals surface area contributed by atoms with Gasteiger partial charge < -0.3 is 0 Å². The van der Waals surface area contributed by atoms with Gasteiger partial charge >= 0.3 is 0 Å². The van der Waals surface area contributed by atoms with E-state index in [2.05, 4.69) is 4.72 Å². The SMILES string of the molecule is Cc1ccc(NS(C)(=O)=O)c(C#N)c1. The smallest absolute Gasteiger partial charge is 0.229 e. The van der Waals surface area contributed by atoms with Gasteiger partial charge in [0.2, 0.25) is 10.0 Å². The van der Waals surface area contributed by atoms with Gasteiger partial charge in [-0.25, -0.2) is 8.42 Å². The molecule has 0 heterocycles. The normalized spacial score (nSPS) is 10.6. The molecule has 1 rings (SSSR count). The van der Waals surface area contributed by atoms with Crippen molar-refractivity contribution in [2.45, 2.75) is 6.92 Å².